The molecule has 0 fully saturated rings. The Morgan fingerprint density at radius 2 is 1.77 bits per heavy atom. The van der Waals surface area contributed by atoms with Gasteiger partial charge >= 0.3 is 8.56 Å². The van der Waals surface area contributed by atoms with Crippen molar-refractivity contribution in [1.82, 2.24) is 0 Å². The Kier molecular flexibility index (Phi) is 6.58. The lowest BCUT2D eigenvalue weighted by molar-refractivity contribution is 0.235. The van der Waals surface area contributed by atoms with Gasteiger partial charge in [0.15, 0.2) is 0 Å². The lowest BCUT2D eigenvalue weighted by atomic mass is 10.3. The summed E-state index contributed by atoms with van der Waals surface area (Å²) in [6.07, 6.45) is 1.00. The highest BCUT2D eigenvalue weighted by molar-refractivity contribution is 6.67. The predicted molar refractivity (Wildman–Crippen MR) is 57.9 cm³/mol. The van der Waals surface area contributed by atoms with Crippen LogP contribution >= 0.6 is 0 Å². The first kappa shape index (κ1) is 13.1. The van der Waals surface area contributed by atoms with Crippen LogP contribution in [0.1, 0.15) is 20.3 Å². The molecule has 13 heavy (non-hydrogen) atoms. The molecule has 2 N–H and O–H groups in total. The minimum atomic E-state index is -1.91. The summed E-state index contributed by atoms with van der Waals surface area (Å²) < 4.78 is 11.1. The summed E-state index contributed by atoms with van der Waals surface area (Å²) in [6.45, 7) is 5.12. The Hall–Kier alpha value is 0.0969. The van der Waals surface area contributed by atoms with Gasteiger partial charge in [0, 0.05) is 14.2 Å². The number of hydrogen-bond acceptors (Lipinski definition) is 3. The summed E-state index contributed by atoms with van der Waals surface area (Å²) in [7, 11) is 1.61. The van der Waals surface area contributed by atoms with Gasteiger partial charge in [-0.25, -0.2) is 0 Å². The standard InChI is InChI=1S/C9H23NO2Si/c1-9(2)8-13(11-3,12-4)7-5-6-10/h9H,5-8,10H2,1-4H3. The SMILES string of the molecule is CO[Si](CCCN)(CC(C)C)OC. The highest BCUT2D eigenvalue weighted by atomic mass is 28.4. The Balaban J connectivity index is 4.13. The summed E-state index contributed by atoms with van der Waals surface area (Å²) in [5.74, 6) is 0.629. The number of rotatable bonds is 7. The molecule has 0 rings (SSSR count). The first-order valence-electron chi connectivity index (χ1n) is 4.90. The molecule has 80 valence electrons. The van der Waals surface area contributed by atoms with Crippen LogP contribution in [0.25, 0.3) is 0 Å². The highest BCUT2D eigenvalue weighted by Crippen LogP contribution is 2.23. The van der Waals surface area contributed by atoms with Gasteiger partial charge < -0.3 is 14.6 Å². The molecule has 0 unspecified atom stereocenters. The molecule has 0 aliphatic rings. The second-order valence-corrected chi connectivity index (χ2v) is 7.36. The molecule has 0 saturated heterocycles. The van der Waals surface area contributed by atoms with Crippen LogP contribution in [0, 0.1) is 5.92 Å². The van der Waals surface area contributed by atoms with E-state index in [1.165, 1.54) is 0 Å². The van der Waals surface area contributed by atoms with Crippen molar-refractivity contribution in [1.29, 1.82) is 0 Å². The molecule has 0 aliphatic carbocycles. The zero-order chi connectivity index (χ0) is 10.3. The molecule has 0 atom stereocenters. The van der Waals surface area contributed by atoms with Crippen molar-refractivity contribution < 1.29 is 8.85 Å². The van der Waals surface area contributed by atoms with Crippen molar-refractivity contribution in [3.63, 3.8) is 0 Å². The van der Waals surface area contributed by atoms with E-state index in [9.17, 15) is 0 Å². The van der Waals surface area contributed by atoms with Crippen LogP contribution in [0.4, 0.5) is 0 Å². The number of nitrogens with two attached hydrogens (primary N) is 1. The molecule has 0 radical (unpaired) electrons. The van der Waals surface area contributed by atoms with Gasteiger partial charge in [-0.2, -0.15) is 0 Å². The first-order chi connectivity index (χ1) is 6.10. The third kappa shape index (κ3) is 4.76. The lowest BCUT2D eigenvalue weighted by Crippen LogP contribution is -2.41. The maximum atomic E-state index is 5.56. The average molecular weight is 205 g/mol. The summed E-state index contributed by atoms with van der Waals surface area (Å²) in [6, 6.07) is 2.06. The van der Waals surface area contributed by atoms with Crippen LogP contribution in [0.3, 0.4) is 0 Å². The van der Waals surface area contributed by atoms with Gasteiger partial charge in [0.25, 0.3) is 0 Å². The molecular weight excluding hydrogens is 182 g/mol. The maximum Gasteiger partial charge on any atom is 0.337 e. The van der Waals surface area contributed by atoms with Crippen molar-refractivity contribution >= 4 is 8.56 Å². The van der Waals surface area contributed by atoms with Gasteiger partial charge in [0.1, 0.15) is 0 Å². The van der Waals surface area contributed by atoms with E-state index in [0.29, 0.717) is 5.92 Å². The van der Waals surface area contributed by atoms with Crippen LogP contribution in [0.15, 0.2) is 0 Å². The minimum absolute atomic E-state index is 0.629. The van der Waals surface area contributed by atoms with E-state index in [2.05, 4.69) is 13.8 Å². The number of hydrogen-bond donors (Lipinski definition) is 1. The minimum Gasteiger partial charge on any atom is -0.398 e. The van der Waals surface area contributed by atoms with E-state index in [4.69, 9.17) is 14.6 Å². The third-order valence-corrected chi connectivity index (χ3v) is 6.27. The molecule has 0 bridgehead atoms. The second-order valence-electron chi connectivity index (χ2n) is 3.81. The van der Waals surface area contributed by atoms with Crippen LogP contribution in [-0.4, -0.2) is 29.3 Å². The Bertz CT molecular complexity index is 127. The Morgan fingerprint density at radius 1 is 1.23 bits per heavy atom. The van der Waals surface area contributed by atoms with Gasteiger partial charge in [0.05, 0.1) is 0 Å². The molecule has 0 saturated carbocycles. The molecule has 0 spiro atoms. The van der Waals surface area contributed by atoms with Gasteiger partial charge in [0.2, 0.25) is 0 Å². The van der Waals surface area contributed by atoms with Crippen LogP contribution < -0.4 is 5.73 Å². The van der Waals surface area contributed by atoms with E-state index in [-0.39, 0.29) is 0 Å². The van der Waals surface area contributed by atoms with Crippen LogP contribution in [0.2, 0.25) is 12.1 Å². The Labute approximate surface area is 82.9 Å². The zero-order valence-electron chi connectivity index (χ0n) is 9.30. The molecule has 0 amide bonds. The van der Waals surface area contributed by atoms with Gasteiger partial charge in [-0.1, -0.05) is 13.8 Å². The molecule has 0 aromatic rings. The fourth-order valence-corrected chi connectivity index (χ4v) is 4.65. The highest BCUT2D eigenvalue weighted by Gasteiger charge is 2.35. The maximum absolute atomic E-state index is 5.56. The normalized spacial score (nSPS) is 12.5. The zero-order valence-corrected chi connectivity index (χ0v) is 10.3. The van der Waals surface area contributed by atoms with E-state index in [0.717, 1.165) is 25.1 Å². The molecule has 0 aliphatic heterocycles. The molecule has 0 heterocycles. The van der Waals surface area contributed by atoms with E-state index >= 15 is 0 Å². The summed E-state index contributed by atoms with van der Waals surface area (Å²) in [5, 5.41) is 0. The predicted octanol–water partition coefficient (Wildman–Crippen LogP) is 1.73. The van der Waals surface area contributed by atoms with Crippen LogP contribution in [0.5, 0.6) is 0 Å². The van der Waals surface area contributed by atoms with E-state index in [1.54, 1.807) is 14.2 Å². The van der Waals surface area contributed by atoms with Crippen molar-refractivity contribution in [2.45, 2.75) is 32.4 Å². The fraction of sp³-hybridized carbons (Fsp3) is 1.00. The smallest absolute Gasteiger partial charge is 0.337 e. The molecule has 0 aromatic carbocycles. The van der Waals surface area contributed by atoms with E-state index in [1.807, 2.05) is 0 Å². The summed E-state index contributed by atoms with van der Waals surface area (Å²) in [5.41, 5.74) is 5.49. The fourth-order valence-electron chi connectivity index (χ4n) is 1.55. The lowest BCUT2D eigenvalue weighted by Gasteiger charge is -2.28. The molecule has 0 aromatic heterocycles. The van der Waals surface area contributed by atoms with Crippen molar-refractivity contribution in [2.75, 3.05) is 20.8 Å². The van der Waals surface area contributed by atoms with E-state index < -0.39 is 8.56 Å². The second kappa shape index (κ2) is 6.54. The third-order valence-electron chi connectivity index (χ3n) is 2.23. The molecule has 4 heteroatoms. The molecular formula is C9H23NO2Si. The largest absolute Gasteiger partial charge is 0.398 e. The first-order valence-corrected chi connectivity index (χ1v) is 7.13. The van der Waals surface area contributed by atoms with Gasteiger partial charge in [-0.3, -0.25) is 0 Å². The van der Waals surface area contributed by atoms with Gasteiger partial charge in [-0.05, 0) is 31.0 Å². The molecule has 3 nitrogen and oxygen atoms in total. The van der Waals surface area contributed by atoms with Gasteiger partial charge in [-0.15, -0.1) is 0 Å². The monoisotopic (exact) mass is 205 g/mol. The van der Waals surface area contributed by atoms with Crippen molar-refractivity contribution in [3.05, 3.63) is 0 Å². The van der Waals surface area contributed by atoms with Crippen molar-refractivity contribution in [2.24, 2.45) is 11.7 Å². The van der Waals surface area contributed by atoms with Crippen LogP contribution in [-0.2, 0) is 8.85 Å². The van der Waals surface area contributed by atoms with Crippen molar-refractivity contribution in [3.8, 4) is 0 Å². The average Bonchev–Trinajstić information content (AvgIpc) is 2.12. The summed E-state index contributed by atoms with van der Waals surface area (Å²) in [4.78, 5) is 0. The summed E-state index contributed by atoms with van der Waals surface area (Å²) >= 11 is 0. The quantitative estimate of drug-likeness (QED) is 0.644. The topological polar surface area (TPSA) is 44.5 Å². The Morgan fingerprint density at radius 3 is 2.08 bits per heavy atom.